The van der Waals surface area contributed by atoms with Crippen molar-refractivity contribution in [2.45, 2.75) is 122 Å². The van der Waals surface area contributed by atoms with Crippen molar-refractivity contribution in [3.8, 4) is 0 Å². The third-order valence-electron chi connectivity index (χ3n) is 10.4. The lowest BCUT2D eigenvalue weighted by Crippen LogP contribution is -2.60. The number of benzene rings is 2. The zero-order valence-electron chi connectivity index (χ0n) is 36.1. The number of amides is 7. The van der Waals surface area contributed by atoms with Gasteiger partial charge in [-0.1, -0.05) is 69.7 Å². The van der Waals surface area contributed by atoms with Crippen molar-refractivity contribution in [1.82, 2.24) is 36.8 Å². The second-order valence-corrected chi connectivity index (χ2v) is 15.8. The first-order valence-corrected chi connectivity index (χ1v) is 21.0. The van der Waals surface area contributed by atoms with Gasteiger partial charge in [0, 0.05) is 32.7 Å². The van der Waals surface area contributed by atoms with E-state index in [9.17, 15) is 63.0 Å². The Balaban J connectivity index is 1.92. The number of nitrogens with one attached hydrogen (secondary N) is 6. The van der Waals surface area contributed by atoms with Gasteiger partial charge in [0.1, 0.15) is 36.8 Å². The van der Waals surface area contributed by atoms with E-state index in [1.54, 1.807) is 39.0 Å². The first-order chi connectivity index (χ1) is 30.2. The van der Waals surface area contributed by atoms with Crippen LogP contribution in [0.3, 0.4) is 0 Å². The van der Waals surface area contributed by atoms with Crippen LogP contribution in [0.2, 0.25) is 0 Å². The molecule has 1 fully saturated rings. The SMILES string of the molecule is CCC[C@H](NC(=O)[C@@H]1CCCN1C(=O)[C@@H](NC(=O)[C@H](Cc1ccc2ccccc2c1)NC(=O)[C@H](CCC(=O)O)NC(=O)[C@H](CCC(=O)O)NC(C)=O)C(C)C)C(=O)C(=O)NCC(=O)O. The largest absolute Gasteiger partial charge is 0.481 e. The Labute approximate surface area is 368 Å². The molecule has 0 radical (unpaired) electrons. The molecular weight excluding hydrogens is 839 g/mol. The molecule has 2 aromatic carbocycles. The molecule has 3 rings (SSSR count). The van der Waals surface area contributed by atoms with E-state index >= 15 is 0 Å². The normalized spacial score (nSPS) is 15.7. The Bertz CT molecular complexity index is 2090. The van der Waals surface area contributed by atoms with Crippen molar-refractivity contribution < 1.29 is 68.1 Å². The lowest BCUT2D eigenvalue weighted by molar-refractivity contribution is -0.145. The number of rotatable bonds is 25. The number of Topliss-reactive ketones (excluding diaryl/α,β-unsaturated/α-hetero) is 1. The zero-order chi connectivity index (χ0) is 47.7. The highest BCUT2D eigenvalue weighted by atomic mass is 16.4. The molecule has 21 nitrogen and oxygen atoms in total. The number of aliphatic carboxylic acids is 3. The first kappa shape index (κ1) is 51.4. The second kappa shape index (κ2) is 24.6. The fourth-order valence-corrected chi connectivity index (χ4v) is 7.15. The number of fused-ring (bicyclic) bond motifs is 1. The molecule has 7 amide bonds. The van der Waals surface area contributed by atoms with Crippen molar-refractivity contribution in [1.29, 1.82) is 0 Å². The van der Waals surface area contributed by atoms with Gasteiger partial charge in [-0.3, -0.25) is 52.7 Å². The Morgan fingerprint density at radius 3 is 1.83 bits per heavy atom. The Kier molecular flexibility index (Phi) is 19.8. The highest BCUT2D eigenvalue weighted by molar-refractivity contribution is 6.38. The van der Waals surface area contributed by atoms with E-state index in [1.165, 1.54) is 4.90 Å². The molecule has 0 aromatic heterocycles. The van der Waals surface area contributed by atoms with E-state index in [4.69, 9.17) is 5.11 Å². The number of carbonyl (C=O) groups excluding carboxylic acids is 8. The number of ketones is 1. The quantitative estimate of drug-likeness (QED) is 0.0582. The number of carboxylic acid groups (broad SMARTS) is 3. The summed E-state index contributed by atoms with van der Waals surface area (Å²) in [4.78, 5) is 142. The van der Waals surface area contributed by atoms with Crippen molar-refractivity contribution in [3.05, 3.63) is 48.0 Å². The maximum absolute atomic E-state index is 14.4. The van der Waals surface area contributed by atoms with E-state index in [1.807, 2.05) is 29.6 Å². The smallest absolute Gasteiger partial charge is 0.322 e. The Hall–Kier alpha value is -6.93. The summed E-state index contributed by atoms with van der Waals surface area (Å²) in [7, 11) is 0. The number of likely N-dealkylation sites (tertiary alicyclic amines) is 1. The molecule has 1 heterocycles. The molecule has 0 aliphatic carbocycles. The molecule has 0 bridgehead atoms. The van der Waals surface area contributed by atoms with E-state index < -0.39 is 133 Å². The lowest BCUT2D eigenvalue weighted by atomic mass is 9.98. The van der Waals surface area contributed by atoms with Gasteiger partial charge < -0.3 is 52.1 Å². The van der Waals surface area contributed by atoms with Crippen LogP contribution >= 0.6 is 0 Å². The topological polar surface area (TPSA) is 324 Å². The van der Waals surface area contributed by atoms with Crippen molar-refractivity contribution in [3.63, 3.8) is 0 Å². The van der Waals surface area contributed by atoms with E-state index in [0.29, 0.717) is 18.4 Å². The van der Waals surface area contributed by atoms with Crippen LogP contribution < -0.4 is 31.9 Å². The van der Waals surface area contributed by atoms with Crippen molar-refractivity contribution in [2.75, 3.05) is 13.1 Å². The summed E-state index contributed by atoms with van der Waals surface area (Å²) in [5.74, 6) is -11.7. The summed E-state index contributed by atoms with van der Waals surface area (Å²) in [6, 6.07) is 4.54. The lowest BCUT2D eigenvalue weighted by Gasteiger charge is -2.32. The maximum Gasteiger partial charge on any atom is 0.322 e. The van der Waals surface area contributed by atoms with Gasteiger partial charge in [0.25, 0.3) is 5.91 Å². The fourth-order valence-electron chi connectivity index (χ4n) is 7.15. The summed E-state index contributed by atoms with van der Waals surface area (Å²) < 4.78 is 0. The molecular formula is C43H57N7O14. The number of hydrogen-bond acceptors (Lipinski definition) is 11. The van der Waals surface area contributed by atoms with Gasteiger partial charge in [-0.2, -0.15) is 0 Å². The molecule has 2 aromatic rings. The minimum absolute atomic E-state index is 0.0438. The van der Waals surface area contributed by atoms with Crippen molar-refractivity contribution in [2.24, 2.45) is 5.92 Å². The van der Waals surface area contributed by atoms with Gasteiger partial charge in [0.15, 0.2) is 0 Å². The highest BCUT2D eigenvalue weighted by Crippen LogP contribution is 2.22. The van der Waals surface area contributed by atoms with Crippen LogP contribution in [0.25, 0.3) is 10.8 Å². The number of carboxylic acids is 3. The van der Waals surface area contributed by atoms with E-state index in [-0.39, 0.29) is 32.2 Å². The van der Waals surface area contributed by atoms with Gasteiger partial charge in [-0.25, -0.2) is 0 Å². The molecule has 1 aliphatic heterocycles. The zero-order valence-corrected chi connectivity index (χ0v) is 36.1. The summed E-state index contributed by atoms with van der Waals surface area (Å²) >= 11 is 0. The van der Waals surface area contributed by atoms with Crippen molar-refractivity contribution >= 4 is 75.8 Å². The maximum atomic E-state index is 14.4. The van der Waals surface area contributed by atoms with Crippen LogP contribution in [-0.4, -0.2) is 135 Å². The average molecular weight is 896 g/mol. The third-order valence-corrected chi connectivity index (χ3v) is 10.4. The van der Waals surface area contributed by atoms with Gasteiger partial charge in [0.05, 0.1) is 6.04 Å². The van der Waals surface area contributed by atoms with E-state index in [0.717, 1.165) is 17.7 Å². The van der Waals surface area contributed by atoms with E-state index in [2.05, 4.69) is 26.6 Å². The number of carbonyl (C=O) groups is 11. The predicted octanol–water partition coefficient (Wildman–Crippen LogP) is -0.227. The fraction of sp³-hybridized carbons (Fsp3) is 0.512. The molecule has 0 saturated carbocycles. The monoisotopic (exact) mass is 895 g/mol. The van der Waals surface area contributed by atoms with Gasteiger partial charge in [0.2, 0.25) is 41.2 Å². The summed E-state index contributed by atoms with van der Waals surface area (Å²) in [5.41, 5.74) is 0.571. The Morgan fingerprint density at radius 1 is 0.688 bits per heavy atom. The molecule has 21 heteroatoms. The summed E-state index contributed by atoms with van der Waals surface area (Å²) in [5, 5.41) is 43.7. The standard InChI is InChI=1S/C43H57N7O14/c1-5-9-28(37(58)42(63)44-22-35(56)57)46-41(62)32-12-8-19-50(32)43(64)36(23(2)3)49-40(61)31(21-25-13-14-26-10-6-7-11-27(26)20-25)48-39(60)30(16-18-34(54)55)47-38(59)29(45-24(4)51)15-17-33(52)53/h6-7,10-11,13-14,20,23,28-32,36H,5,8-9,12,15-19,21-22H2,1-4H3,(H,44,63)(H,45,51)(H,46,62)(H,47,59)(H,48,60)(H,49,61)(H,52,53)(H,54,55)(H,56,57)/t28-,29-,30-,31-,32-,36-/m0/s1. The summed E-state index contributed by atoms with van der Waals surface area (Å²) in [6.07, 6.45) is -1.15. The molecule has 9 N–H and O–H groups in total. The van der Waals surface area contributed by atoms with Crippen LogP contribution in [0.1, 0.15) is 84.6 Å². The number of nitrogens with zero attached hydrogens (tertiary/aromatic N) is 1. The molecule has 0 unspecified atom stereocenters. The average Bonchev–Trinajstić information content (AvgIpc) is 3.74. The third kappa shape index (κ3) is 15.8. The minimum Gasteiger partial charge on any atom is -0.481 e. The molecule has 1 saturated heterocycles. The molecule has 348 valence electrons. The van der Waals surface area contributed by atoms with Gasteiger partial charge in [-0.05, 0) is 54.4 Å². The second-order valence-electron chi connectivity index (χ2n) is 15.8. The van der Waals surface area contributed by atoms with Crippen LogP contribution in [0.5, 0.6) is 0 Å². The van der Waals surface area contributed by atoms with Crippen LogP contribution in [-0.2, 0) is 59.2 Å². The van der Waals surface area contributed by atoms with Crippen LogP contribution in [0, 0.1) is 5.92 Å². The van der Waals surface area contributed by atoms with Gasteiger partial charge in [-0.15, -0.1) is 0 Å². The minimum atomic E-state index is -1.59. The molecule has 0 spiro atoms. The number of hydrogen-bond donors (Lipinski definition) is 9. The molecule has 1 aliphatic rings. The summed E-state index contributed by atoms with van der Waals surface area (Å²) in [6.45, 7) is 5.38. The van der Waals surface area contributed by atoms with Crippen LogP contribution in [0.15, 0.2) is 42.5 Å². The molecule has 64 heavy (non-hydrogen) atoms. The highest BCUT2D eigenvalue weighted by Gasteiger charge is 2.41. The predicted molar refractivity (Wildman–Crippen MR) is 227 cm³/mol. The first-order valence-electron chi connectivity index (χ1n) is 21.0. The van der Waals surface area contributed by atoms with Gasteiger partial charge >= 0.3 is 17.9 Å². The molecule has 6 atom stereocenters. The Morgan fingerprint density at radius 2 is 1.27 bits per heavy atom. The van der Waals surface area contributed by atoms with Crippen LogP contribution in [0.4, 0.5) is 0 Å².